The van der Waals surface area contributed by atoms with E-state index in [9.17, 15) is 9.90 Å². The molecular weight excluding hydrogens is 296 g/mol. The lowest BCUT2D eigenvalue weighted by molar-refractivity contribution is -0.119. The van der Waals surface area contributed by atoms with Crippen molar-refractivity contribution in [3.8, 4) is 5.75 Å². The van der Waals surface area contributed by atoms with Gasteiger partial charge >= 0.3 is 0 Å². The number of nitrogens with two attached hydrogens (primary N) is 1. The van der Waals surface area contributed by atoms with Crippen LogP contribution in [0.5, 0.6) is 5.75 Å². The summed E-state index contributed by atoms with van der Waals surface area (Å²) in [5.74, 6) is -0.129. The molecule has 0 radical (unpaired) electrons. The fourth-order valence-corrected chi connectivity index (χ4v) is 2.52. The Morgan fingerprint density at radius 3 is 2.90 bits per heavy atom. The van der Waals surface area contributed by atoms with E-state index < -0.39 is 12.0 Å². The van der Waals surface area contributed by atoms with Crippen LogP contribution in [0.1, 0.15) is 5.56 Å². The number of aliphatic hydroxyl groups excluding tert-OH is 1. The summed E-state index contributed by atoms with van der Waals surface area (Å²) >= 11 is 6.11. The van der Waals surface area contributed by atoms with Gasteiger partial charge in [-0.1, -0.05) is 17.7 Å². The first-order valence-corrected chi connectivity index (χ1v) is 7.00. The number of benzene rings is 1. The van der Waals surface area contributed by atoms with Gasteiger partial charge in [-0.15, -0.1) is 0 Å². The Morgan fingerprint density at radius 1 is 1.57 bits per heavy atom. The fraction of sp³-hybridized carbons (Fsp3) is 0.500. The van der Waals surface area contributed by atoms with E-state index in [1.54, 1.807) is 12.1 Å². The second kappa shape index (κ2) is 7.09. The smallest absolute Gasteiger partial charge is 0.255 e. The number of ether oxygens (including phenoxy) is 2. The quantitative estimate of drug-likeness (QED) is 0.794. The number of likely N-dealkylation sites (N-methyl/N-ethyl adjacent to an activating group) is 1. The van der Waals surface area contributed by atoms with Gasteiger partial charge in [0.15, 0.2) is 6.61 Å². The molecule has 0 bridgehead atoms. The maximum absolute atomic E-state index is 10.7. The predicted octanol–water partition coefficient (Wildman–Crippen LogP) is 0.396. The zero-order chi connectivity index (χ0) is 15.4. The van der Waals surface area contributed by atoms with Crippen molar-refractivity contribution >= 4 is 17.5 Å². The molecule has 2 rings (SSSR count). The fourth-order valence-electron chi connectivity index (χ4n) is 2.27. The van der Waals surface area contributed by atoms with Crippen LogP contribution < -0.4 is 10.5 Å². The lowest BCUT2D eigenvalue weighted by atomic mass is 10.1. The maximum atomic E-state index is 10.7. The van der Waals surface area contributed by atoms with E-state index in [1.165, 1.54) is 0 Å². The molecule has 1 saturated heterocycles. The molecule has 1 aliphatic heterocycles. The van der Waals surface area contributed by atoms with E-state index in [1.807, 2.05) is 18.0 Å². The molecule has 0 saturated carbocycles. The summed E-state index contributed by atoms with van der Waals surface area (Å²) in [4.78, 5) is 12.7. The van der Waals surface area contributed by atoms with Crippen LogP contribution in [-0.4, -0.2) is 54.9 Å². The number of primary amides is 1. The standard InChI is InChI=1S/C14H19ClN2O4/c1-17(11-6-20-7-12(11)18)5-9-2-3-13(10(15)4-9)21-8-14(16)19/h2-4,11-12,18H,5-8H2,1H3,(H2,16,19). The molecule has 0 aromatic heterocycles. The van der Waals surface area contributed by atoms with Crippen molar-refractivity contribution in [3.05, 3.63) is 28.8 Å². The molecule has 1 fully saturated rings. The zero-order valence-corrected chi connectivity index (χ0v) is 12.5. The summed E-state index contributed by atoms with van der Waals surface area (Å²) in [5.41, 5.74) is 6.00. The van der Waals surface area contributed by atoms with Crippen molar-refractivity contribution in [2.24, 2.45) is 5.73 Å². The number of halogens is 1. The molecule has 1 aromatic carbocycles. The van der Waals surface area contributed by atoms with Gasteiger partial charge in [0.05, 0.1) is 30.4 Å². The number of rotatable bonds is 6. The van der Waals surface area contributed by atoms with Crippen LogP contribution in [0, 0.1) is 0 Å². The summed E-state index contributed by atoms with van der Waals surface area (Å²) in [6.07, 6.45) is -0.469. The zero-order valence-electron chi connectivity index (χ0n) is 11.8. The summed E-state index contributed by atoms with van der Waals surface area (Å²) in [5, 5.41) is 10.2. The van der Waals surface area contributed by atoms with Crippen LogP contribution >= 0.6 is 11.6 Å². The Bertz CT molecular complexity index is 512. The molecule has 1 aliphatic rings. The molecule has 7 heteroatoms. The number of carbonyl (C=O) groups excluding carboxylic acids is 1. The lowest BCUT2D eigenvalue weighted by Crippen LogP contribution is -2.39. The lowest BCUT2D eigenvalue weighted by Gasteiger charge is -2.25. The highest BCUT2D eigenvalue weighted by atomic mass is 35.5. The Labute approximate surface area is 128 Å². The minimum atomic E-state index is -0.551. The molecule has 116 valence electrons. The van der Waals surface area contributed by atoms with Crippen molar-refractivity contribution in [3.63, 3.8) is 0 Å². The van der Waals surface area contributed by atoms with E-state index in [-0.39, 0.29) is 12.6 Å². The summed E-state index contributed by atoms with van der Waals surface area (Å²) < 4.78 is 10.4. The van der Waals surface area contributed by atoms with Gasteiger partial charge in [-0.05, 0) is 24.7 Å². The minimum absolute atomic E-state index is 0.0189. The third kappa shape index (κ3) is 4.31. The molecule has 1 amide bonds. The largest absolute Gasteiger partial charge is 0.482 e. The van der Waals surface area contributed by atoms with Gasteiger partial charge in [0, 0.05) is 6.54 Å². The van der Waals surface area contributed by atoms with Gasteiger partial charge in [0.2, 0.25) is 0 Å². The predicted molar refractivity (Wildman–Crippen MR) is 78.2 cm³/mol. The van der Waals surface area contributed by atoms with Gasteiger partial charge in [0.1, 0.15) is 5.75 Å². The molecule has 2 unspecified atom stereocenters. The number of hydrogen-bond acceptors (Lipinski definition) is 5. The van der Waals surface area contributed by atoms with E-state index in [0.717, 1.165) is 5.56 Å². The first-order chi connectivity index (χ1) is 9.97. The third-order valence-corrected chi connectivity index (χ3v) is 3.68. The normalized spacial score (nSPS) is 21.7. The SMILES string of the molecule is CN(Cc1ccc(OCC(N)=O)c(Cl)c1)C1COCC1O. The Morgan fingerprint density at radius 2 is 2.33 bits per heavy atom. The molecule has 0 spiro atoms. The highest BCUT2D eigenvalue weighted by molar-refractivity contribution is 6.32. The average molecular weight is 315 g/mol. The highest BCUT2D eigenvalue weighted by Crippen LogP contribution is 2.26. The van der Waals surface area contributed by atoms with E-state index in [0.29, 0.717) is 30.5 Å². The van der Waals surface area contributed by atoms with Crippen molar-refractivity contribution in [2.75, 3.05) is 26.9 Å². The van der Waals surface area contributed by atoms with Crippen molar-refractivity contribution in [2.45, 2.75) is 18.7 Å². The number of nitrogens with zero attached hydrogens (tertiary/aromatic N) is 1. The van der Waals surface area contributed by atoms with Crippen molar-refractivity contribution in [1.82, 2.24) is 4.90 Å². The second-order valence-corrected chi connectivity index (χ2v) is 5.51. The molecule has 1 aromatic rings. The summed E-state index contributed by atoms with van der Waals surface area (Å²) in [7, 11) is 1.92. The molecule has 2 atom stereocenters. The number of aliphatic hydroxyl groups is 1. The van der Waals surface area contributed by atoms with Gasteiger partial charge in [-0.3, -0.25) is 9.69 Å². The Hall–Kier alpha value is -1.34. The Balaban J connectivity index is 1.97. The van der Waals surface area contributed by atoms with Crippen LogP contribution in [0.3, 0.4) is 0 Å². The van der Waals surface area contributed by atoms with Crippen molar-refractivity contribution < 1.29 is 19.4 Å². The number of amides is 1. The maximum Gasteiger partial charge on any atom is 0.255 e. The van der Waals surface area contributed by atoms with Crippen LogP contribution in [0.4, 0.5) is 0 Å². The van der Waals surface area contributed by atoms with E-state index in [2.05, 4.69) is 0 Å². The van der Waals surface area contributed by atoms with Gasteiger partial charge < -0.3 is 20.3 Å². The molecule has 3 N–H and O–H groups in total. The second-order valence-electron chi connectivity index (χ2n) is 5.11. The van der Waals surface area contributed by atoms with Crippen LogP contribution in [-0.2, 0) is 16.1 Å². The van der Waals surface area contributed by atoms with E-state index in [4.69, 9.17) is 26.8 Å². The molecule has 21 heavy (non-hydrogen) atoms. The monoisotopic (exact) mass is 314 g/mol. The molecular formula is C14H19ClN2O4. The number of carbonyl (C=O) groups is 1. The van der Waals surface area contributed by atoms with Gasteiger partial charge in [-0.25, -0.2) is 0 Å². The molecule has 6 nitrogen and oxygen atoms in total. The number of hydrogen-bond donors (Lipinski definition) is 2. The topological polar surface area (TPSA) is 85.0 Å². The van der Waals surface area contributed by atoms with Crippen molar-refractivity contribution in [1.29, 1.82) is 0 Å². The molecule has 0 aliphatic carbocycles. The average Bonchev–Trinajstić information content (AvgIpc) is 2.84. The van der Waals surface area contributed by atoms with Crippen LogP contribution in [0.25, 0.3) is 0 Å². The summed E-state index contributed by atoms with van der Waals surface area (Å²) in [6, 6.07) is 5.32. The minimum Gasteiger partial charge on any atom is -0.482 e. The third-order valence-electron chi connectivity index (χ3n) is 3.39. The Kier molecular flexibility index (Phi) is 5.41. The first-order valence-electron chi connectivity index (χ1n) is 6.63. The van der Waals surface area contributed by atoms with E-state index >= 15 is 0 Å². The van der Waals surface area contributed by atoms with Crippen LogP contribution in [0.15, 0.2) is 18.2 Å². The van der Waals surface area contributed by atoms with Crippen LogP contribution in [0.2, 0.25) is 5.02 Å². The van der Waals surface area contributed by atoms with Gasteiger partial charge in [0.25, 0.3) is 5.91 Å². The van der Waals surface area contributed by atoms with Gasteiger partial charge in [-0.2, -0.15) is 0 Å². The highest BCUT2D eigenvalue weighted by Gasteiger charge is 2.29. The first kappa shape index (κ1) is 16.0. The summed E-state index contributed by atoms with van der Waals surface area (Å²) in [6.45, 7) is 1.31. The molecule has 1 heterocycles.